The topological polar surface area (TPSA) is 45.7 Å². The Labute approximate surface area is 155 Å². The third-order valence-electron chi connectivity index (χ3n) is 3.32. The van der Waals surface area contributed by atoms with Crippen molar-refractivity contribution in [3.8, 4) is 5.75 Å². The summed E-state index contributed by atoms with van der Waals surface area (Å²) >= 11 is 1.85. The number of nitrogens with one attached hydrogen (secondary N) is 2. The van der Waals surface area contributed by atoms with Crippen molar-refractivity contribution in [2.45, 2.75) is 25.0 Å². The highest BCUT2D eigenvalue weighted by atomic mass is 127. The van der Waals surface area contributed by atoms with E-state index in [2.05, 4.69) is 47.9 Å². The number of ether oxygens (including phenoxy) is 1. The van der Waals surface area contributed by atoms with Gasteiger partial charge < -0.3 is 15.4 Å². The Kier molecular flexibility index (Phi) is 10.7. The van der Waals surface area contributed by atoms with Gasteiger partial charge in [-0.05, 0) is 44.2 Å². The Morgan fingerprint density at radius 1 is 1.23 bits per heavy atom. The SMILES string of the molecule is CN=C(NCCc1ccc(OC)cc1)NCC(C)(C)SC.I. The first-order valence-electron chi connectivity index (χ1n) is 7.13. The fourth-order valence-corrected chi connectivity index (χ4v) is 1.92. The van der Waals surface area contributed by atoms with Crippen molar-refractivity contribution in [3.05, 3.63) is 29.8 Å². The number of rotatable bonds is 7. The van der Waals surface area contributed by atoms with Crippen LogP contribution in [0.25, 0.3) is 0 Å². The second-order valence-electron chi connectivity index (χ2n) is 5.41. The average Bonchev–Trinajstić information content (AvgIpc) is 2.51. The van der Waals surface area contributed by atoms with E-state index in [1.165, 1.54) is 5.56 Å². The summed E-state index contributed by atoms with van der Waals surface area (Å²) in [5.41, 5.74) is 1.28. The molecule has 2 N–H and O–H groups in total. The summed E-state index contributed by atoms with van der Waals surface area (Å²) in [5, 5.41) is 6.70. The summed E-state index contributed by atoms with van der Waals surface area (Å²) in [7, 11) is 3.48. The first kappa shape index (κ1) is 21.4. The van der Waals surface area contributed by atoms with Crippen LogP contribution < -0.4 is 15.4 Å². The molecule has 0 spiro atoms. The van der Waals surface area contributed by atoms with Gasteiger partial charge in [-0.3, -0.25) is 4.99 Å². The van der Waals surface area contributed by atoms with Crippen LogP contribution in [0.4, 0.5) is 0 Å². The zero-order valence-electron chi connectivity index (χ0n) is 14.1. The lowest BCUT2D eigenvalue weighted by atomic mass is 10.1. The number of aliphatic imine (C=N–C) groups is 1. The minimum atomic E-state index is 0. The second kappa shape index (κ2) is 11.0. The van der Waals surface area contributed by atoms with Gasteiger partial charge in [0.1, 0.15) is 5.75 Å². The highest BCUT2D eigenvalue weighted by molar-refractivity contribution is 14.0. The molecule has 6 heteroatoms. The molecule has 0 aromatic heterocycles. The summed E-state index contributed by atoms with van der Waals surface area (Å²) in [5.74, 6) is 1.74. The fraction of sp³-hybridized carbons (Fsp3) is 0.562. The highest BCUT2D eigenvalue weighted by Crippen LogP contribution is 2.19. The molecule has 0 saturated heterocycles. The predicted molar refractivity (Wildman–Crippen MR) is 109 cm³/mol. The maximum atomic E-state index is 5.16. The van der Waals surface area contributed by atoms with Crippen LogP contribution in [0, 0.1) is 0 Å². The van der Waals surface area contributed by atoms with Crippen LogP contribution in [0.5, 0.6) is 5.75 Å². The number of benzene rings is 1. The predicted octanol–water partition coefficient (Wildman–Crippen LogP) is 3.16. The first-order valence-corrected chi connectivity index (χ1v) is 8.36. The largest absolute Gasteiger partial charge is 0.497 e. The van der Waals surface area contributed by atoms with E-state index >= 15 is 0 Å². The number of halogens is 1. The second-order valence-corrected chi connectivity index (χ2v) is 6.93. The summed E-state index contributed by atoms with van der Waals surface area (Å²) < 4.78 is 5.36. The number of hydrogen-bond donors (Lipinski definition) is 2. The third kappa shape index (κ3) is 8.12. The molecule has 0 atom stereocenters. The van der Waals surface area contributed by atoms with Crippen molar-refractivity contribution in [2.75, 3.05) is 33.5 Å². The van der Waals surface area contributed by atoms with Crippen molar-refractivity contribution in [3.63, 3.8) is 0 Å². The van der Waals surface area contributed by atoms with Crippen LogP contribution in [0.2, 0.25) is 0 Å². The first-order chi connectivity index (χ1) is 10.0. The Hall–Kier alpha value is -0.630. The maximum Gasteiger partial charge on any atom is 0.191 e. The van der Waals surface area contributed by atoms with E-state index in [0.717, 1.165) is 31.2 Å². The van der Waals surface area contributed by atoms with Crippen LogP contribution in [-0.4, -0.2) is 44.2 Å². The van der Waals surface area contributed by atoms with Crippen LogP contribution in [0.15, 0.2) is 29.3 Å². The molecule has 1 aromatic carbocycles. The molecule has 4 nitrogen and oxygen atoms in total. The van der Waals surface area contributed by atoms with Crippen molar-refractivity contribution >= 4 is 41.7 Å². The number of hydrogen-bond acceptors (Lipinski definition) is 3. The summed E-state index contributed by atoms with van der Waals surface area (Å²) in [6.07, 6.45) is 3.08. The van der Waals surface area contributed by atoms with Crippen molar-refractivity contribution in [1.82, 2.24) is 10.6 Å². The van der Waals surface area contributed by atoms with Gasteiger partial charge in [-0.15, -0.1) is 24.0 Å². The third-order valence-corrected chi connectivity index (χ3v) is 4.57. The van der Waals surface area contributed by atoms with Gasteiger partial charge in [-0.25, -0.2) is 0 Å². The fourth-order valence-electron chi connectivity index (χ4n) is 1.71. The molecule has 0 radical (unpaired) electrons. The quantitative estimate of drug-likeness (QED) is 0.391. The number of guanidine groups is 1. The molecule has 22 heavy (non-hydrogen) atoms. The van der Waals surface area contributed by atoms with Gasteiger partial charge in [0.05, 0.1) is 7.11 Å². The lowest BCUT2D eigenvalue weighted by Crippen LogP contribution is -2.43. The summed E-state index contributed by atoms with van der Waals surface area (Å²) in [6.45, 7) is 6.17. The van der Waals surface area contributed by atoms with Crippen LogP contribution in [0.1, 0.15) is 19.4 Å². The Balaban J connectivity index is 0.00000441. The molecular weight excluding hydrogens is 409 g/mol. The van der Waals surface area contributed by atoms with Crippen LogP contribution in [-0.2, 0) is 6.42 Å². The zero-order chi connectivity index (χ0) is 15.7. The van der Waals surface area contributed by atoms with E-state index in [-0.39, 0.29) is 28.7 Å². The number of methoxy groups -OCH3 is 1. The van der Waals surface area contributed by atoms with E-state index in [1.54, 1.807) is 14.2 Å². The molecule has 1 rings (SSSR count). The van der Waals surface area contributed by atoms with Crippen LogP contribution in [0.3, 0.4) is 0 Å². The molecule has 0 heterocycles. The van der Waals surface area contributed by atoms with E-state index in [1.807, 2.05) is 23.9 Å². The van der Waals surface area contributed by atoms with Gasteiger partial charge in [0.15, 0.2) is 5.96 Å². The standard InChI is InChI=1S/C16H27N3OS.HI/c1-16(2,21-5)12-19-15(17-3)18-11-10-13-6-8-14(20-4)9-7-13;/h6-9H,10-12H2,1-5H3,(H2,17,18,19);1H. The normalized spacial score (nSPS) is 11.6. The maximum absolute atomic E-state index is 5.16. The Bertz CT molecular complexity index is 449. The van der Waals surface area contributed by atoms with E-state index in [4.69, 9.17) is 4.74 Å². The Morgan fingerprint density at radius 3 is 2.36 bits per heavy atom. The van der Waals surface area contributed by atoms with E-state index in [0.29, 0.717) is 0 Å². The van der Waals surface area contributed by atoms with Gasteiger partial charge in [0.2, 0.25) is 0 Å². The molecule has 0 amide bonds. The molecule has 126 valence electrons. The van der Waals surface area contributed by atoms with Gasteiger partial charge in [-0.2, -0.15) is 11.8 Å². The molecule has 1 aromatic rings. The van der Waals surface area contributed by atoms with Gasteiger partial charge in [-0.1, -0.05) is 12.1 Å². The van der Waals surface area contributed by atoms with Crippen molar-refractivity contribution < 1.29 is 4.74 Å². The summed E-state index contributed by atoms with van der Waals surface area (Å²) in [4.78, 5) is 4.25. The van der Waals surface area contributed by atoms with Gasteiger partial charge in [0.25, 0.3) is 0 Å². The van der Waals surface area contributed by atoms with Crippen molar-refractivity contribution in [2.24, 2.45) is 4.99 Å². The summed E-state index contributed by atoms with van der Waals surface area (Å²) in [6, 6.07) is 8.16. The molecule has 0 aliphatic rings. The molecular formula is C16H28IN3OS. The Morgan fingerprint density at radius 2 is 1.86 bits per heavy atom. The van der Waals surface area contributed by atoms with Gasteiger partial charge >= 0.3 is 0 Å². The monoisotopic (exact) mass is 437 g/mol. The molecule has 0 bridgehead atoms. The molecule has 0 fully saturated rings. The average molecular weight is 437 g/mol. The zero-order valence-corrected chi connectivity index (χ0v) is 17.2. The molecule has 0 unspecified atom stereocenters. The van der Waals surface area contributed by atoms with Gasteiger partial charge in [0, 0.05) is 24.9 Å². The molecule has 0 aliphatic carbocycles. The van der Waals surface area contributed by atoms with E-state index in [9.17, 15) is 0 Å². The lowest BCUT2D eigenvalue weighted by molar-refractivity contribution is 0.414. The highest BCUT2D eigenvalue weighted by Gasteiger charge is 2.15. The number of nitrogens with zero attached hydrogens (tertiary/aromatic N) is 1. The molecule has 0 saturated carbocycles. The van der Waals surface area contributed by atoms with E-state index < -0.39 is 0 Å². The molecule has 0 aliphatic heterocycles. The minimum Gasteiger partial charge on any atom is -0.497 e. The minimum absolute atomic E-state index is 0. The smallest absolute Gasteiger partial charge is 0.191 e. The lowest BCUT2D eigenvalue weighted by Gasteiger charge is -2.23. The number of thioether (sulfide) groups is 1. The van der Waals surface area contributed by atoms with Crippen LogP contribution >= 0.6 is 35.7 Å². The van der Waals surface area contributed by atoms with Crippen molar-refractivity contribution in [1.29, 1.82) is 0 Å².